The van der Waals surface area contributed by atoms with Crippen LogP contribution in [0.1, 0.15) is 5.69 Å². The van der Waals surface area contributed by atoms with E-state index in [0.29, 0.717) is 5.88 Å². The summed E-state index contributed by atoms with van der Waals surface area (Å²) in [6.45, 7) is 0. The van der Waals surface area contributed by atoms with Crippen molar-refractivity contribution < 1.29 is 0 Å². The number of thioether (sulfide) groups is 1. The minimum absolute atomic E-state index is 0.464. The molecule has 16 heavy (non-hydrogen) atoms. The SMILES string of the molecule is CSc1ccc(-c2ccc(CCl)nc2)cc1. The van der Waals surface area contributed by atoms with Gasteiger partial charge in [-0.05, 0) is 30.0 Å². The van der Waals surface area contributed by atoms with Gasteiger partial charge in [0, 0.05) is 16.7 Å². The third-order valence-corrected chi connectivity index (χ3v) is 3.40. The lowest BCUT2D eigenvalue weighted by molar-refractivity contribution is 1.17. The molecule has 0 saturated carbocycles. The van der Waals surface area contributed by atoms with E-state index >= 15 is 0 Å². The molecule has 1 nitrogen and oxygen atoms in total. The Kier molecular flexibility index (Phi) is 3.86. The number of hydrogen-bond acceptors (Lipinski definition) is 2. The molecule has 0 aliphatic carbocycles. The normalized spacial score (nSPS) is 10.4. The highest BCUT2D eigenvalue weighted by Crippen LogP contribution is 2.22. The number of rotatable bonds is 3. The predicted octanol–water partition coefficient (Wildman–Crippen LogP) is 4.21. The average molecular weight is 250 g/mol. The van der Waals surface area contributed by atoms with Gasteiger partial charge in [-0.2, -0.15) is 0 Å². The van der Waals surface area contributed by atoms with E-state index in [1.54, 1.807) is 11.8 Å². The van der Waals surface area contributed by atoms with E-state index in [2.05, 4.69) is 41.6 Å². The summed E-state index contributed by atoms with van der Waals surface area (Å²) < 4.78 is 0. The first-order valence-electron chi connectivity index (χ1n) is 4.99. The molecule has 1 aromatic heterocycles. The fourth-order valence-electron chi connectivity index (χ4n) is 1.46. The molecule has 0 aliphatic rings. The summed E-state index contributed by atoms with van der Waals surface area (Å²) in [5, 5.41) is 0. The molecule has 0 saturated heterocycles. The van der Waals surface area contributed by atoms with Crippen LogP contribution < -0.4 is 0 Å². The van der Waals surface area contributed by atoms with Crippen LogP contribution in [0.3, 0.4) is 0 Å². The van der Waals surface area contributed by atoms with Gasteiger partial charge in [-0.1, -0.05) is 18.2 Å². The topological polar surface area (TPSA) is 12.9 Å². The van der Waals surface area contributed by atoms with Crippen molar-refractivity contribution in [1.82, 2.24) is 4.98 Å². The van der Waals surface area contributed by atoms with E-state index in [9.17, 15) is 0 Å². The molecule has 1 aromatic carbocycles. The number of hydrogen-bond donors (Lipinski definition) is 0. The molecule has 3 heteroatoms. The van der Waals surface area contributed by atoms with Crippen molar-refractivity contribution in [3.05, 3.63) is 48.3 Å². The number of benzene rings is 1. The van der Waals surface area contributed by atoms with Gasteiger partial charge in [0.2, 0.25) is 0 Å². The molecule has 0 atom stereocenters. The highest BCUT2D eigenvalue weighted by molar-refractivity contribution is 7.98. The summed E-state index contributed by atoms with van der Waals surface area (Å²) >= 11 is 7.45. The van der Waals surface area contributed by atoms with E-state index in [1.165, 1.54) is 10.5 Å². The molecule has 2 rings (SSSR count). The zero-order chi connectivity index (χ0) is 11.4. The van der Waals surface area contributed by atoms with Gasteiger partial charge in [0.15, 0.2) is 0 Å². The fraction of sp³-hybridized carbons (Fsp3) is 0.154. The lowest BCUT2D eigenvalue weighted by Gasteiger charge is -2.03. The van der Waals surface area contributed by atoms with Gasteiger partial charge in [-0.15, -0.1) is 23.4 Å². The number of halogens is 1. The lowest BCUT2D eigenvalue weighted by atomic mass is 10.1. The Balaban J connectivity index is 2.28. The largest absolute Gasteiger partial charge is 0.259 e. The monoisotopic (exact) mass is 249 g/mol. The molecule has 2 aromatic rings. The maximum atomic E-state index is 5.70. The Morgan fingerprint density at radius 2 is 1.75 bits per heavy atom. The number of alkyl halides is 1. The minimum Gasteiger partial charge on any atom is -0.259 e. The molecule has 0 unspecified atom stereocenters. The molecular weight excluding hydrogens is 238 g/mol. The van der Waals surface area contributed by atoms with Crippen molar-refractivity contribution in [2.45, 2.75) is 10.8 Å². The van der Waals surface area contributed by atoms with E-state index < -0.39 is 0 Å². The number of nitrogens with zero attached hydrogens (tertiary/aromatic N) is 1. The van der Waals surface area contributed by atoms with Crippen LogP contribution in [0, 0.1) is 0 Å². The van der Waals surface area contributed by atoms with Crippen molar-refractivity contribution in [2.75, 3.05) is 6.26 Å². The second kappa shape index (κ2) is 5.37. The molecule has 0 radical (unpaired) electrons. The van der Waals surface area contributed by atoms with Crippen molar-refractivity contribution in [2.24, 2.45) is 0 Å². The second-order valence-corrected chi connectivity index (χ2v) is 4.55. The first-order valence-corrected chi connectivity index (χ1v) is 6.74. The molecule has 0 aliphatic heterocycles. The van der Waals surface area contributed by atoms with Crippen molar-refractivity contribution >= 4 is 23.4 Å². The highest BCUT2D eigenvalue weighted by Gasteiger charge is 1.99. The summed E-state index contributed by atoms with van der Waals surface area (Å²) in [6.07, 6.45) is 3.94. The van der Waals surface area contributed by atoms with E-state index in [0.717, 1.165) is 11.3 Å². The van der Waals surface area contributed by atoms with Crippen molar-refractivity contribution in [1.29, 1.82) is 0 Å². The van der Waals surface area contributed by atoms with Crippen LogP contribution >= 0.6 is 23.4 Å². The van der Waals surface area contributed by atoms with Crippen LogP contribution in [0.2, 0.25) is 0 Å². The molecule has 0 N–H and O–H groups in total. The molecule has 0 spiro atoms. The van der Waals surface area contributed by atoms with Crippen LogP contribution in [0.15, 0.2) is 47.5 Å². The van der Waals surface area contributed by atoms with Gasteiger partial charge in [0.05, 0.1) is 11.6 Å². The Labute approximate surface area is 105 Å². The molecule has 1 heterocycles. The van der Waals surface area contributed by atoms with Crippen LogP contribution in [-0.4, -0.2) is 11.2 Å². The van der Waals surface area contributed by atoms with E-state index in [1.807, 2.05) is 12.3 Å². The predicted molar refractivity (Wildman–Crippen MR) is 71.0 cm³/mol. The standard InChI is InChI=1S/C13H12ClNS/c1-16-13-6-3-10(4-7-13)11-2-5-12(8-14)15-9-11/h2-7,9H,8H2,1H3. The Morgan fingerprint density at radius 3 is 2.25 bits per heavy atom. The van der Waals surface area contributed by atoms with Gasteiger partial charge < -0.3 is 0 Å². The zero-order valence-electron chi connectivity index (χ0n) is 8.98. The smallest absolute Gasteiger partial charge is 0.0647 e. The fourth-order valence-corrected chi connectivity index (χ4v) is 2.02. The van der Waals surface area contributed by atoms with Gasteiger partial charge in [-0.3, -0.25) is 4.98 Å². The van der Waals surface area contributed by atoms with Crippen molar-refractivity contribution in [3.63, 3.8) is 0 Å². The molecular formula is C13H12ClNS. The molecule has 0 amide bonds. The Bertz CT molecular complexity index is 405. The maximum Gasteiger partial charge on any atom is 0.0647 e. The molecule has 82 valence electrons. The third-order valence-electron chi connectivity index (χ3n) is 2.39. The zero-order valence-corrected chi connectivity index (χ0v) is 10.6. The quantitative estimate of drug-likeness (QED) is 0.597. The van der Waals surface area contributed by atoms with E-state index in [4.69, 9.17) is 11.6 Å². The van der Waals surface area contributed by atoms with Gasteiger partial charge in [0.25, 0.3) is 0 Å². The second-order valence-electron chi connectivity index (χ2n) is 3.40. The summed E-state index contributed by atoms with van der Waals surface area (Å²) in [6, 6.07) is 12.5. The van der Waals surface area contributed by atoms with Gasteiger partial charge >= 0.3 is 0 Å². The third kappa shape index (κ3) is 2.57. The highest BCUT2D eigenvalue weighted by atomic mass is 35.5. The Hall–Kier alpha value is -0.990. The van der Waals surface area contributed by atoms with Crippen molar-refractivity contribution in [3.8, 4) is 11.1 Å². The molecule has 0 fully saturated rings. The summed E-state index contributed by atoms with van der Waals surface area (Å²) in [5.74, 6) is 0.464. The average Bonchev–Trinajstić information content (AvgIpc) is 2.39. The van der Waals surface area contributed by atoms with Crippen LogP contribution in [0.5, 0.6) is 0 Å². The maximum absolute atomic E-state index is 5.70. The minimum atomic E-state index is 0.464. The van der Waals surface area contributed by atoms with Crippen LogP contribution in [-0.2, 0) is 5.88 Å². The van der Waals surface area contributed by atoms with Crippen LogP contribution in [0.4, 0.5) is 0 Å². The number of pyridine rings is 1. The Morgan fingerprint density at radius 1 is 1.06 bits per heavy atom. The first kappa shape index (κ1) is 11.5. The van der Waals surface area contributed by atoms with Gasteiger partial charge in [-0.25, -0.2) is 0 Å². The summed E-state index contributed by atoms with van der Waals surface area (Å²) in [4.78, 5) is 5.55. The summed E-state index contributed by atoms with van der Waals surface area (Å²) in [5.41, 5.74) is 3.22. The first-order chi connectivity index (χ1) is 7.83. The van der Waals surface area contributed by atoms with E-state index in [-0.39, 0.29) is 0 Å². The van der Waals surface area contributed by atoms with Gasteiger partial charge in [0.1, 0.15) is 0 Å². The summed E-state index contributed by atoms with van der Waals surface area (Å²) in [7, 11) is 0. The molecule has 0 bridgehead atoms. The van der Waals surface area contributed by atoms with Crippen LogP contribution in [0.25, 0.3) is 11.1 Å². The number of aromatic nitrogens is 1. The lowest BCUT2D eigenvalue weighted by Crippen LogP contribution is -1.85.